The number of hydrogen-bond acceptors (Lipinski definition) is 5. The molecule has 1 unspecified atom stereocenters. The van der Waals surface area contributed by atoms with Gasteiger partial charge in [0.2, 0.25) is 5.75 Å². The number of ether oxygens (including phenoxy) is 3. The van der Waals surface area contributed by atoms with E-state index in [1.54, 1.807) is 33.5 Å². The maximum absolute atomic E-state index is 13.6. The lowest BCUT2D eigenvalue weighted by atomic mass is 9.95. The van der Waals surface area contributed by atoms with E-state index < -0.39 is 0 Å². The number of methoxy groups -OCH3 is 3. The molecular formula is C22H34N2O4. The van der Waals surface area contributed by atoms with Crippen LogP contribution in [-0.4, -0.2) is 68.8 Å². The van der Waals surface area contributed by atoms with Crippen molar-refractivity contribution in [2.24, 2.45) is 0 Å². The largest absolute Gasteiger partial charge is 0.493 e. The number of carbonyl (C=O) groups is 1. The fourth-order valence-corrected chi connectivity index (χ4v) is 4.79. The van der Waals surface area contributed by atoms with Crippen LogP contribution >= 0.6 is 0 Å². The number of benzene rings is 1. The SMILES string of the molecule is CCCCN(C(=O)c1cc(OC)c(OC)c(OC)c1)C1C[C@H]2CC[C@@H](C1)N2C. The van der Waals surface area contributed by atoms with E-state index in [9.17, 15) is 4.79 Å². The van der Waals surface area contributed by atoms with Crippen molar-refractivity contribution in [1.29, 1.82) is 0 Å². The lowest BCUT2D eigenvalue weighted by Gasteiger charge is -2.42. The van der Waals surface area contributed by atoms with E-state index in [4.69, 9.17) is 14.2 Å². The summed E-state index contributed by atoms with van der Waals surface area (Å²) in [5, 5.41) is 0. The zero-order valence-corrected chi connectivity index (χ0v) is 17.9. The Balaban J connectivity index is 1.89. The predicted octanol–water partition coefficient (Wildman–Crippen LogP) is 3.58. The Kier molecular flexibility index (Phi) is 6.70. The molecule has 2 bridgehead atoms. The predicted molar refractivity (Wildman–Crippen MR) is 110 cm³/mol. The van der Waals surface area contributed by atoms with Gasteiger partial charge in [0.05, 0.1) is 21.3 Å². The fraction of sp³-hybridized carbons (Fsp3) is 0.682. The smallest absolute Gasteiger partial charge is 0.254 e. The van der Waals surface area contributed by atoms with E-state index in [-0.39, 0.29) is 5.91 Å². The third-order valence-electron chi connectivity index (χ3n) is 6.44. The third-order valence-corrected chi connectivity index (χ3v) is 6.44. The van der Waals surface area contributed by atoms with Gasteiger partial charge in [-0.05, 0) is 51.3 Å². The van der Waals surface area contributed by atoms with Gasteiger partial charge in [-0.2, -0.15) is 0 Å². The van der Waals surface area contributed by atoms with Crippen LogP contribution in [0.1, 0.15) is 55.8 Å². The van der Waals surface area contributed by atoms with Gasteiger partial charge in [0.1, 0.15) is 0 Å². The summed E-state index contributed by atoms with van der Waals surface area (Å²) in [6.07, 6.45) is 6.70. The molecule has 2 aliphatic heterocycles. The zero-order chi connectivity index (χ0) is 20.3. The Labute approximate surface area is 168 Å². The van der Waals surface area contributed by atoms with Crippen LogP contribution in [0.15, 0.2) is 12.1 Å². The molecule has 0 aromatic heterocycles. The maximum Gasteiger partial charge on any atom is 0.254 e. The Morgan fingerprint density at radius 3 is 2.11 bits per heavy atom. The summed E-state index contributed by atoms with van der Waals surface area (Å²) in [6.45, 7) is 2.96. The first-order chi connectivity index (χ1) is 13.5. The lowest BCUT2D eigenvalue weighted by Crippen LogP contribution is -2.51. The van der Waals surface area contributed by atoms with Crippen molar-refractivity contribution in [3.8, 4) is 17.2 Å². The normalized spacial score (nSPS) is 24.1. The first kappa shape index (κ1) is 20.8. The van der Waals surface area contributed by atoms with E-state index in [2.05, 4.69) is 23.8 Å². The summed E-state index contributed by atoms with van der Waals surface area (Å²) in [6, 6.07) is 5.03. The third kappa shape index (κ3) is 3.93. The summed E-state index contributed by atoms with van der Waals surface area (Å²) in [5.74, 6) is 1.61. The number of hydrogen-bond donors (Lipinski definition) is 0. The van der Waals surface area contributed by atoms with Crippen LogP contribution in [-0.2, 0) is 0 Å². The van der Waals surface area contributed by atoms with Crippen LogP contribution in [0, 0.1) is 0 Å². The molecule has 0 saturated carbocycles. The molecule has 1 aromatic carbocycles. The lowest BCUT2D eigenvalue weighted by molar-refractivity contribution is 0.0480. The molecule has 2 fully saturated rings. The number of amides is 1. The monoisotopic (exact) mass is 390 g/mol. The van der Waals surface area contributed by atoms with Crippen molar-refractivity contribution in [3.05, 3.63) is 17.7 Å². The van der Waals surface area contributed by atoms with E-state index in [0.29, 0.717) is 40.9 Å². The Hall–Kier alpha value is -1.95. The van der Waals surface area contributed by atoms with Gasteiger partial charge in [-0.15, -0.1) is 0 Å². The topological polar surface area (TPSA) is 51.2 Å². The second-order valence-corrected chi connectivity index (χ2v) is 7.94. The van der Waals surface area contributed by atoms with Gasteiger partial charge in [-0.25, -0.2) is 0 Å². The Morgan fingerprint density at radius 1 is 1.07 bits per heavy atom. The van der Waals surface area contributed by atoms with Crippen LogP contribution in [0.3, 0.4) is 0 Å². The van der Waals surface area contributed by atoms with Gasteiger partial charge in [0, 0.05) is 30.2 Å². The molecule has 1 aromatic rings. The van der Waals surface area contributed by atoms with E-state index in [1.807, 2.05) is 0 Å². The second-order valence-electron chi connectivity index (χ2n) is 7.94. The van der Waals surface area contributed by atoms with Crippen molar-refractivity contribution >= 4 is 5.91 Å². The molecule has 2 aliphatic rings. The fourth-order valence-electron chi connectivity index (χ4n) is 4.79. The average Bonchev–Trinajstić information content (AvgIpc) is 2.93. The molecule has 6 nitrogen and oxygen atoms in total. The van der Waals surface area contributed by atoms with Gasteiger partial charge in [-0.1, -0.05) is 13.3 Å². The average molecular weight is 391 g/mol. The first-order valence-electron chi connectivity index (χ1n) is 10.4. The van der Waals surface area contributed by atoms with Crippen molar-refractivity contribution in [2.45, 2.75) is 63.6 Å². The second kappa shape index (κ2) is 9.03. The van der Waals surface area contributed by atoms with Crippen LogP contribution in [0.5, 0.6) is 17.2 Å². The molecular weight excluding hydrogens is 356 g/mol. The quantitative estimate of drug-likeness (QED) is 0.679. The molecule has 28 heavy (non-hydrogen) atoms. The molecule has 2 heterocycles. The molecule has 1 amide bonds. The number of fused-ring (bicyclic) bond motifs is 2. The summed E-state index contributed by atoms with van der Waals surface area (Å²) >= 11 is 0. The minimum atomic E-state index is 0.0571. The molecule has 0 aliphatic carbocycles. The molecule has 156 valence electrons. The summed E-state index contributed by atoms with van der Waals surface area (Å²) in [7, 11) is 6.96. The highest BCUT2D eigenvalue weighted by Gasteiger charge is 2.41. The minimum Gasteiger partial charge on any atom is -0.493 e. The maximum atomic E-state index is 13.6. The molecule has 3 rings (SSSR count). The Morgan fingerprint density at radius 2 is 1.64 bits per heavy atom. The highest BCUT2D eigenvalue weighted by Crippen LogP contribution is 2.40. The molecule has 0 N–H and O–H groups in total. The van der Waals surface area contributed by atoms with Crippen LogP contribution in [0.2, 0.25) is 0 Å². The van der Waals surface area contributed by atoms with Crippen molar-refractivity contribution in [1.82, 2.24) is 9.80 Å². The van der Waals surface area contributed by atoms with Crippen molar-refractivity contribution < 1.29 is 19.0 Å². The number of piperidine rings is 1. The van der Waals surface area contributed by atoms with Crippen LogP contribution in [0.25, 0.3) is 0 Å². The van der Waals surface area contributed by atoms with Gasteiger partial charge in [0.15, 0.2) is 11.5 Å². The van der Waals surface area contributed by atoms with Gasteiger partial charge in [-0.3, -0.25) is 4.79 Å². The summed E-state index contributed by atoms with van der Waals surface area (Å²) in [4.78, 5) is 18.2. The van der Waals surface area contributed by atoms with Crippen LogP contribution < -0.4 is 14.2 Å². The van der Waals surface area contributed by atoms with E-state index in [1.165, 1.54) is 12.8 Å². The van der Waals surface area contributed by atoms with Crippen molar-refractivity contribution in [3.63, 3.8) is 0 Å². The zero-order valence-electron chi connectivity index (χ0n) is 17.9. The summed E-state index contributed by atoms with van der Waals surface area (Å²) in [5.41, 5.74) is 0.594. The number of unbranched alkanes of at least 4 members (excludes halogenated alkanes) is 1. The molecule has 2 saturated heterocycles. The Bertz CT molecular complexity index is 654. The van der Waals surface area contributed by atoms with Gasteiger partial charge < -0.3 is 24.0 Å². The molecule has 3 atom stereocenters. The molecule has 0 radical (unpaired) electrons. The number of rotatable bonds is 8. The first-order valence-corrected chi connectivity index (χ1v) is 10.4. The van der Waals surface area contributed by atoms with Crippen LogP contribution in [0.4, 0.5) is 0 Å². The molecule has 6 heteroatoms. The number of nitrogens with zero attached hydrogens (tertiary/aromatic N) is 2. The van der Waals surface area contributed by atoms with Gasteiger partial charge in [0.25, 0.3) is 5.91 Å². The highest BCUT2D eigenvalue weighted by atomic mass is 16.5. The van der Waals surface area contributed by atoms with Gasteiger partial charge >= 0.3 is 0 Å². The molecule has 0 spiro atoms. The summed E-state index contributed by atoms with van der Waals surface area (Å²) < 4.78 is 16.3. The highest BCUT2D eigenvalue weighted by molar-refractivity contribution is 5.96. The van der Waals surface area contributed by atoms with E-state index in [0.717, 1.165) is 32.2 Å². The minimum absolute atomic E-state index is 0.0571. The number of carbonyl (C=O) groups excluding carboxylic acids is 1. The standard InChI is InChI=1S/C22H34N2O4/c1-6-7-10-24(18-13-16-8-9-17(14-18)23(16)2)22(25)15-11-19(26-3)21(28-5)20(12-15)27-4/h11-12,16-18H,6-10,13-14H2,1-5H3/t16-,17+,18?. The van der Waals surface area contributed by atoms with E-state index >= 15 is 0 Å². The van der Waals surface area contributed by atoms with Crippen molar-refractivity contribution in [2.75, 3.05) is 34.9 Å².